The molecule has 1 aromatic heterocycles. The topological polar surface area (TPSA) is 59.4 Å². The summed E-state index contributed by atoms with van der Waals surface area (Å²) in [6, 6.07) is 1.27. The van der Waals surface area contributed by atoms with Gasteiger partial charge in [0.1, 0.15) is 11.9 Å². The predicted octanol–water partition coefficient (Wildman–Crippen LogP) is 1.96. The number of pyridine rings is 1. The summed E-state index contributed by atoms with van der Waals surface area (Å²) in [5.41, 5.74) is -0.0245. The molecule has 1 saturated carbocycles. The normalized spacial score (nSPS) is 18.9. The lowest BCUT2D eigenvalue weighted by Crippen LogP contribution is -2.43. The number of rotatable bonds is 3. The monoisotopic (exact) mass is 229 g/mol. The zero-order chi connectivity index (χ0) is 11.8. The van der Waals surface area contributed by atoms with Gasteiger partial charge in [0.15, 0.2) is 0 Å². The van der Waals surface area contributed by atoms with Crippen molar-refractivity contribution < 1.29 is 23.4 Å². The summed E-state index contributed by atoms with van der Waals surface area (Å²) in [5.74, 6) is -3.57. The number of aromatic nitrogens is 1. The first-order valence-corrected chi connectivity index (χ1v) is 4.69. The van der Waals surface area contributed by atoms with Gasteiger partial charge in [-0.25, -0.2) is 13.6 Å². The Kier molecular flexibility index (Phi) is 2.49. The van der Waals surface area contributed by atoms with E-state index < -0.39 is 18.0 Å². The average Bonchev–Trinajstić information content (AvgIpc) is 2.15. The van der Waals surface area contributed by atoms with Crippen LogP contribution in [0.4, 0.5) is 8.78 Å². The highest BCUT2D eigenvalue weighted by molar-refractivity contribution is 5.87. The molecule has 0 radical (unpaired) electrons. The summed E-state index contributed by atoms with van der Waals surface area (Å²) in [7, 11) is 0. The standard InChI is InChI=1S/C10H9F2NO3/c11-10(12)2-8(3-10)16-7-1-6(9(14)15)4-13-5-7/h1,4-5,8H,2-3H2,(H,14,15). The van der Waals surface area contributed by atoms with Gasteiger partial charge in [-0.2, -0.15) is 0 Å². The van der Waals surface area contributed by atoms with Gasteiger partial charge in [-0.1, -0.05) is 0 Å². The van der Waals surface area contributed by atoms with Crippen LogP contribution in [-0.4, -0.2) is 28.1 Å². The number of ether oxygens (including phenoxy) is 1. The highest BCUT2D eigenvalue weighted by Gasteiger charge is 2.47. The minimum Gasteiger partial charge on any atom is -0.488 e. The van der Waals surface area contributed by atoms with Gasteiger partial charge in [0.25, 0.3) is 5.92 Å². The van der Waals surface area contributed by atoms with Gasteiger partial charge in [0.2, 0.25) is 0 Å². The van der Waals surface area contributed by atoms with Gasteiger partial charge in [0, 0.05) is 19.0 Å². The number of carboxylic acid groups (broad SMARTS) is 1. The predicted molar refractivity (Wildman–Crippen MR) is 49.8 cm³/mol. The molecular formula is C10H9F2NO3. The summed E-state index contributed by atoms with van der Waals surface area (Å²) in [6.07, 6.45) is 1.27. The van der Waals surface area contributed by atoms with E-state index in [2.05, 4.69) is 4.98 Å². The Morgan fingerprint density at radius 2 is 2.19 bits per heavy atom. The molecule has 1 aromatic rings. The molecule has 86 valence electrons. The lowest BCUT2D eigenvalue weighted by atomic mass is 9.91. The average molecular weight is 229 g/mol. The first kappa shape index (κ1) is 10.8. The van der Waals surface area contributed by atoms with E-state index in [1.54, 1.807) is 0 Å². The van der Waals surface area contributed by atoms with Gasteiger partial charge in [-0.05, 0) is 6.07 Å². The summed E-state index contributed by atoms with van der Waals surface area (Å²) < 4.78 is 30.2. The number of carboxylic acids is 1. The maximum atomic E-state index is 12.5. The van der Waals surface area contributed by atoms with Gasteiger partial charge in [-0.15, -0.1) is 0 Å². The van der Waals surface area contributed by atoms with Gasteiger partial charge < -0.3 is 9.84 Å². The van der Waals surface area contributed by atoms with E-state index in [1.807, 2.05) is 0 Å². The van der Waals surface area contributed by atoms with Crippen LogP contribution in [-0.2, 0) is 0 Å². The molecule has 0 amide bonds. The molecule has 1 fully saturated rings. The summed E-state index contributed by atoms with van der Waals surface area (Å²) in [4.78, 5) is 14.3. The fourth-order valence-electron chi connectivity index (χ4n) is 1.48. The molecular weight excluding hydrogens is 220 g/mol. The van der Waals surface area contributed by atoms with Crippen molar-refractivity contribution in [3.63, 3.8) is 0 Å². The number of hydrogen-bond donors (Lipinski definition) is 1. The highest BCUT2D eigenvalue weighted by atomic mass is 19.3. The molecule has 1 heterocycles. The van der Waals surface area contributed by atoms with Crippen LogP contribution in [0.2, 0.25) is 0 Å². The highest BCUT2D eigenvalue weighted by Crippen LogP contribution is 2.39. The third kappa shape index (κ3) is 2.26. The summed E-state index contributed by atoms with van der Waals surface area (Å²) in [6.45, 7) is 0. The van der Waals surface area contributed by atoms with E-state index in [0.717, 1.165) is 0 Å². The van der Waals surface area contributed by atoms with Crippen molar-refractivity contribution in [3.05, 3.63) is 24.0 Å². The molecule has 16 heavy (non-hydrogen) atoms. The van der Waals surface area contributed by atoms with Crippen molar-refractivity contribution in [2.24, 2.45) is 0 Å². The Bertz CT molecular complexity index is 414. The molecule has 0 aromatic carbocycles. The smallest absolute Gasteiger partial charge is 0.337 e. The van der Waals surface area contributed by atoms with Crippen LogP contribution in [0, 0.1) is 0 Å². The summed E-state index contributed by atoms with van der Waals surface area (Å²) in [5, 5.41) is 8.68. The van der Waals surface area contributed by atoms with Crippen molar-refractivity contribution in [3.8, 4) is 5.75 Å². The second-order valence-corrected chi connectivity index (χ2v) is 3.72. The van der Waals surface area contributed by atoms with Crippen LogP contribution in [0.3, 0.4) is 0 Å². The Hall–Kier alpha value is -1.72. The maximum Gasteiger partial charge on any atom is 0.337 e. The Morgan fingerprint density at radius 3 is 2.75 bits per heavy atom. The Morgan fingerprint density at radius 1 is 1.50 bits per heavy atom. The van der Waals surface area contributed by atoms with E-state index in [9.17, 15) is 13.6 Å². The van der Waals surface area contributed by atoms with Crippen molar-refractivity contribution in [1.29, 1.82) is 0 Å². The molecule has 0 spiro atoms. The number of aromatic carboxylic acids is 1. The number of hydrogen-bond acceptors (Lipinski definition) is 3. The Labute approximate surface area is 89.9 Å². The number of halogens is 2. The molecule has 0 unspecified atom stereocenters. The number of nitrogens with zero attached hydrogens (tertiary/aromatic N) is 1. The van der Waals surface area contributed by atoms with Gasteiger partial charge in [-0.3, -0.25) is 4.98 Å². The van der Waals surface area contributed by atoms with Gasteiger partial charge in [0.05, 0.1) is 11.8 Å². The largest absolute Gasteiger partial charge is 0.488 e. The number of alkyl halides is 2. The summed E-state index contributed by atoms with van der Waals surface area (Å²) >= 11 is 0. The van der Waals surface area contributed by atoms with Crippen molar-refractivity contribution in [2.75, 3.05) is 0 Å². The van der Waals surface area contributed by atoms with Crippen LogP contribution in [0.15, 0.2) is 18.5 Å². The molecule has 1 N–H and O–H groups in total. The molecule has 0 aliphatic heterocycles. The van der Waals surface area contributed by atoms with E-state index in [4.69, 9.17) is 9.84 Å². The van der Waals surface area contributed by atoms with Crippen LogP contribution < -0.4 is 4.74 Å². The van der Waals surface area contributed by atoms with Crippen LogP contribution in [0.1, 0.15) is 23.2 Å². The fraction of sp³-hybridized carbons (Fsp3) is 0.400. The first-order valence-electron chi connectivity index (χ1n) is 4.69. The molecule has 1 aliphatic carbocycles. The fourth-order valence-corrected chi connectivity index (χ4v) is 1.48. The second-order valence-electron chi connectivity index (χ2n) is 3.72. The van der Waals surface area contributed by atoms with Crippen molar-refractivity contribution in [2.45, 2.75) is 24.9 Å². The zero-order valence-electron chi connectivity index (χ0n) is 8.19. The minimum atomic E-state index is -2.65. The molecule has 0 bridgehead atoms. The van der Waals surface area contributed by atoms with E-state index in [-0.39, 0.29) is 24.2 Å². The molecule has 0 atom stereocenters. The van der Waals surface area contributed by atoms with Crippen LogP contribution in [0.5, 0.6) is 5.75 Å². The third-order valence-electron chi connectivity index (χ3n) is 2.32. The SMILES string of the molecule is O=C(O)c1cncc(OC2CC(F)(F)C2)c1. The molecule has 0 saturated heterocycles. The lowest BCUT2D eigenvalue weighted by molar-refractivity contribution is -0.134. The Balaban J connectivity index is 2.00. The van der Waals surface area contributed by atoms with Crippen LogP contribution >= 0.6 is 0 Å². The van der Waals surface area contributed by atoms with E-state index in [1.165, 1.54) is 18.5 Å². The second kappa shape index (κ2) is 3.70. The molecule has 4 nitrogen and oxygen atoms in total. The lowest BCUT2D eigenvalue weighted by Gasteiger charge is -2.34. The molecule has 1 aliphatic rings. The maximum absolute atomic E-state index is 12.5. The number of carbonyl (C=O) groups is 1. The van der Waals surface area contributed by atoms with Crippen molar-refractivity contribution in [1.82, 2.24) is 4.98 Å². The van der Waals surface area contributed by atoms with Crippen LogP contribution in [0.25, 0.3) is 0 Å². The van der Waals surface area contributed by atoms with E-state index in [0.29, 0.717) is 0 Å². The van der Waals surface area contributed by atoms with E-state index >= 15 is 0 Å². The molecule has 6 heteroatoms. The first-order chi connectivity index (χ1) is 7.46. The quantitative estimate of drug-likeness (QED) is 0.860. The van der Waals surface area contributed by atoms with Gasteiger partial charge >= 0.3 is 5.97 Å². The molecule has 2 rings (SSSR count). The minimum absolute atomic E-state index is 0.0245. The zero-order valence-corrected chi connectivity index (χ0v) is 8.19. The van der Waals surface area contributed by atoms with Crippen molar-refractivity contribution >= 4 is 5.97 Å². The third-order valence-corrected chi connectivity index (χ3v) is 2.32.